The van der Waals surface area contributed by atoms with Gasteiger partial charge >= 0.3 is 0 Å². The lowest BCUT2D eigenvalue weighted by Gasteiger charge is -2.16. The van der Waals surface area contributed by atoms with Crippen LogP contribution >= 0.6 is 0 Å². The van der Waals surface area contributed by atoms with Crippen LogP contribution in [0.4, 0.5) is 0 Å². The van der Waals surface area contributed by atoms with Crippen molar-refractivity contribution in [3.8, 4) is 5.75 Å². The van der Waals surface area contributed by atoms with Gasteiger partial charge in [-0.25, -0.2) is 4.98 Å². The van der Waals surface area contributed by atoms with Crippen LogP contribution in [0.5, 0.6) is 5.75 Å². The Bertz CT molecular complexity index is 1240. The van der Waals surface area contributed by atoms with Crippen molar-refractivity contribution >= 4 is 22.7 Å². The Kier molecular flexibility index (Phi) is 6.41. The minimum atomic E-state index is -0.875. The Morgan fingerprint density at radius 1 is 0.875 bits per heavy atom. The lowest BCUT2D eigenvalue weighted by molar-refractivity contribution is -0.119. The number of primary amides is 1. The van der Waals surface area contributed by atoms with Gasteiger partial charge in [0.25, 0.3) is 5.91 Å². The number of fused-ring (bicyclic) bond motifs is 1. The predicted molar refractivity (Wildman–Crippen MR) is 123 cm³/mol. The normalized spacial score (nSPS) is 11.6. The van der Waals surface area contributed by atoms with E-state index >= 15 is 0 Å². The van der Waals surface area contributed by atoms with Crippen molar-refractivity contribution in [2.24, 2.45) is 5.73 Å². The van der Waals surface area contributed by atoms with Crippen molar-refractivity contribution in [1.82, 2.24) is 10.3 Å². The van der Waals surface area contributed by atoms with E-state index in [4.69, 9.17) is 10.5 Å². The molecule has 0 aliphatic carbocycles. The molecular formula is C26H23N3O3. The van der Waals surface area contributed by atoms with Crippen LogP contribution < -0.4 is 15.8 Å². The topological polar surface area (TPSA) is 94.3 Å². The first-order valence-corrected chi connectivity index (χ1v) is 10.3. The number of pyridine rings is 1. The molecule has 0 spiro atoms. The average Bonchev–Trinajstić information content (AvgIpc) is 2.83. The molecule has 0 saturated heterocycles. The van der Waals surface area contributed by atoms with Crippen LogP contribution in [0.15, 0.2) is 91.0 Å². The van der Waals surface area contributed by atoms with E-state index in [1.54, 1.807) is 6.07 Å². The molecule has 6 heteroatoms. The van der Waals surface area contributed by atoms with Crippen LogP contribution in [0.3, 0.4) is 0 Å². The molecule has 32 heavy (non-hydrogen) atoms. The van der Waals surface area contributed by atoms with Gasteiger partial charge in [0, 0.05) is 11.8 Å². The Morgan fingerprint density at radius 3 is 2.44 bits per heavy atom. The van der Waals surface area contributed by atoms with Gasteiger partial charge in [0.05, 0.1) is 5.52 Å². The summed E-state index contributed by atoms with van der Waals surface area (Å²) in [6.45, 7) is 0.438. The first-order chi connectivity index (χ1) is 15.6. The molecule has 4 aromatic rings. The summed E-state index contributed by atoms with van der Waals surface area (Å²) in [5.74, 6) is -0.386. The van der Waals surface area contributed by atoms with Gasteiger partial charge in [0.2, 0.25) is 5.91 Å². The lowest BCUT2D eigenvalue weighted by Crippen LogP contribution is -2.46. The van der Waals surface area contributed by atoms with Crippen molar-refractivity contribution in [1.29, 1.82) is 0 Å². The SMILES string of the molecule is NC(=O)[C@H](Cc1cccc(OCc2ccccc2)c1)NC(=O)c1ccc2ccccc2n1. The Hall–Kier alpha value is -4.19. The second-order valence-electron chi connectivity index (χ2n) is 7.44. The molecular weight excluding hydrogens is 402 g/mol. The third-order valence-electron chi connectivity index (χ3n) is 5.07. The van der Waals surface area contributed by atoms with Crippen LogP contribution in [-0.4, -0.2) is 22.8 Å². The molecule has 160 valence electrons. The number of nitrogens with zero attached hydrogens (tertiary/aromatic N) is 1. The molecule has 0 radical (unpaired) electrons. The van der Waals surface area contributed by atoms with Crippen molar-refractivity contribution in [2.75, 3.05) is 0 Å². The molecule has 1 aromatic heterocycles. The standard InChI is InChI=1S/C26H23N3O3/c27-25(30)24(29-26(31)23-14-13-20-10-4-5-12-22(20)28-23)16-19-9-6-11-21(15-19)32-17-18-7-2-1-3-8-18/h1-15,24H,16-17H2,(H2,27,30)(H,29,31)/t24-/m0/s1. The summed E-state index contributed by atoms with van der Waals surface area (Å²) in [4.78, 5) is 29.1. The molecule has 6 nitrogen and oxygen atoms in total. The molecule has 0 unspecified atom stereocenters. The predicted octanol–water partition coefficient (Wildman–Crippen LogP) is 3.64. The number of hydrogen-bond donors (Lipinski definition) is 2. The van der Waals surface area contributed by atoms with E-state index in [2.05, 4.69) is 10.3 Å². The Morgan fingerprint density at radius 2 is 1.62 bits per heavy atom. The number of carbonyl (C=O) groups excluding carboxylic acids is 2. The van der Waals surface area contributed by atoms with E-state index in [0.717, 1.165) is 16.5 Å². The second-order valence-corrected chi connectivity index (χ2v) is 7.44. The van der Waals surface area contributed by atoms with Gasteiger partial charge in [0.15, 0.2) is 0 Å². The molecule has 0 fully saturated rings. The van der Waals surface area contributed by atoms with Crippen molar-refractivity contribution in [3.63, 3.8) is 0 Å². The maximum atomic E-state index is 12.7. The molecule has 0 aliphatic rings. The fourth-order valence-corrected chi connectivity index (χ4v) is 3.39. The summed E-state index contributed by atoms with van der Waals surface area (Å²) in [5.41, 5.74) is 8.39. The summed E-state index contributed by atoms with van der Waals surface area (Å²) in [6.07, 6.45) is 0.247. The zero-order valence-electron chi connectivity index (χ0n) is 17.4. The second kappa shape index (κ2) is 9.75. The summed E-state index contributed by atoms with van der Waals surface area (Å²) in [6, 6.07) is 27.4. The molecule has 0 aliphatic heterocycles. The van der Waals surface area contributed by atoms with Crippen LogP contribution in [0, 0.1) is 0 Å². The average molecular weight is 425 g/mol. The first kappa shape index (κ1) is 21.1. The molecule has 4 rings (SSSR count). The highest BCUT2D eigenvalue weighted by Gasteiger charge is 2.20. The molecule has 1 atom stereocenters. The van der Waals surface area contributed by atoms with Gasteiger partial charge in [-0.1, -0.05) is 66.7 Å². The summed E-state index contributed by atoms with van der Waals surface area (Å²) in [5, 5.41) is 3.64. The number of carbonyl (C=O) groups is 2. The fourth-order valence-electron chi connectivity index (χ4n) is 3.39. The van der Waals surface area contributed by atoms with Gasteiger partial charge < -0.3 is 15.8 Å². The van der Waals surface area contributed by atoms with E-state index in [0.29, 0.717) is 17.9 Å². The van der Waals surface area contributed by atoms with Crippen LogP contribution in [0.1, 0.15) is 21.6 Å². The third-order valence-corrected chi connectivity index (χ3v) is 5.07. The highest BCUT2D eigenvalue weighted by Crippen LogP contribution is 2.17. The monoisotopic (exact) mass is 425 g/mol. The van der Waals surface area contributed by atoms with Crippen molar-refractivity contribution in [3.05, 3.63) is 108 Å². The highest BCUT2D eigenvalue weighted by atomic mass is 16.5. The molecule has 1 heterocycles. The Balaban J connectivity index is 1.43. The highest BCUT2D eigenvalue weighted by molar-refractivity contribution is 5.97. The van der Waals surface area contributed by atoms with Gasteiger partial charge in [-0.05, 0) is 35.4 Å². The minimum Gasteiger partial charge on any atom is -0.489 e. The van der Waals surface area contributed by atoms with Crippen molar-refractivity contribution in [2.45, 2.75) is 19.1 Å². The smallest absolute Gasteiger partial charge is 0.270 e. The van der Waals surface area contributed by atoms with Gasteiger partial charge in [-0.3, -0.25) is 9.59 Å². The number of benzene rings is 3. The fraction of sp³-hybridized carbons (Fsp3) is 0.115. The number of para-hydroxylation sites is 1. The maximum Gasteiger partial charge on any atom is 0.270 e. The lowest BCUT2D eigenvalue weighted by atomic mass is 10.0. The van der Waals surface area contributed by atoms with Gasteiger partial charge in [0.1, 0.15) is 24.1 Å². The molecule has 0 saturated carbocycles. The summed E-state index contributed by atoms with van der Waals surface area (Å²) >= 11 is 0. The number of amides is 2. The Labute approximate surface area is 186 Å². The van der Waals surface area contributed by atoms with E-state index in [-0.39, 0.29) is 12.1 Å². The van der Waals surface area contributed by atoms with Gasteiger partial charge in [-0.2, -0.15) is 0 Å². The molecule has 3 N–H and O–H groups in total. The number of rotatable bonds is 8. The summed E-state index contributed by atoms with van der Waals surface area (Å²) in [7, 11) is 0. The van der Waals surface area contributed by atoms with Crippen LogP contribution in [0.25, 0.3) is 10.9 Å². The van der Waals surface area contributed by atoms with E-state index in [1.165, 1.54) is 0 Å². The number of nitrogens with two attached hydrogens (primary N) is 1. The van der Waals surface area contributed by atoms with E-state index in [9.17, 15) is 9.59 Å². The van der Waals surface area contributed by atoms with E-state index < -0.39 is 17.9 Å². The zero-order chi connectivity index (χ0) is 22.3. The molecule has 0 bridgehead atoms. The number of hydrogen-bond acceptors (Lipinski definition) is 4. The van der Waals surface area contributed by atoms with Crippen LogP contribution in [0.2, 0.25) is 0 Å². The molecule has 3 aromatic carbocycles. The number of nitrogens with one attached hydrogen (secondary N) is 1. The first-order valence-electron chi connectivity index (χ1n) is 10.3. The third kappa shape index (κ3) is 5.29. The van der Waals surface area contributed by atoms with Crippen molar-refractivity contribution < 1.29 is 14.3 Å². The zero-order valence-corrected chi connectivity index (χ0v) is 17.4. The largest absolute Gasteiger partial charge is 0.489 e. The molecule has 2 amide bonds. The number of ether oxygens (including phenoxy) is 1. The summed E-state index contributed by atoms with van der Waals surface area (Å²) < 4.78 is 5.85. The van der Waals surface area contributed by atoms with E-state index in [1.807, 2.05) is 84.9 Å². The minimum absolute atomic E-state index is 0.231. The van der Waals surface area contributed by atoms with Crippen LogP contribution in [-0.2, 0) is 17.8 Å². The maximum absolute atomic E-state index is 12.7. The quantitative estimate of drug-likeness (QED) is 0.451. The number of aromatic nitrogens is 1. The van der Waals surface area contributed by atoms with Gasteiger partial charge in [-0.15, -0.1) is 0 Å².